The number of hydrogen-bond acceptors (Lipinski definition) is 19. The van der Waals surface area contributed by atoms with E-state index in [2.05, 4.69) is 20.8 Å². The summed E-state index contributed by atoms with van der Waals surface area (Å²) >= 11 is 2.27. The Bertz CT molecular complexity index is 4790. The monoisotopic (exact) mass is 1290 g/mol. The van der Waals surface area contributed by atoms with E-state index >= 15 is 0 Å². The van der Waals surface area contributed by atoms with E-state index in [0.717, 1.165) is 92.5 Å². The third-order valence-corrected chi connectivity index (χ3v) is 19.6. The Morgan fingerprint density at radius 2 is 1.24 bits per heavy atom. The summed E-state index contributed by atoms with van der Waals surface area (Å²) in [6.45, 7) is 19.2. The van der Waals surface area contributed by atoms with Gasteiger partial charge in [-0.15, -0.1) is 21.6 Å². The van der Waals surface area contributed by atoms with Gasteiger partial charge in [-0.1, -0.05) is 73.6 Å². The molecule has 460 valence electrons. The van der Waals surface area contributed by atoms with Crippen LogP contribution < -0.4 is 19.7 Å². The van der Waals surface area contributed by atoms with Crippen LogP contribution in [-0.4, -0.2) is 91.1 Å². The van der Waals surface area contributed by atoms with E-state index in [4.69, 9.17) is 30.3 Å². The molecule has 0 saturated carbocycles. The number of aryl methyl sites for hydroxylation is 7. The molecule has 24 nitrogen and oxygen atoms in total. The number of nitrogens with zero attached hydrogens (tertiary/aromatic N) is 9. The molecule has 4 heterocycles. The first kappa shape index (κ1) is 62.8. The SMILES string of the molecule is Cc1cc(C)c(Nc2nc(N(c3nc4c(s3)CC(S(=O)(=O)Nc3cc(C(=O)O)cc(C(=O)O)c3)C=C4)c3c(C)cc(C)cc3C)cc(C)c2/N=N\c2c(C#N)c(C(C)(C)C)nn2-c2nc3ccc(S(=O)(=O)Nc4cc(C(=O)O)cc(C(=O)O)c4)cc3s2)c(C)c1. The smallest absolute Gasteiger partial charge is 0.335 e. The van der Waals surface area contributed by atoms with Crippen molar-refractivity contribution >= 4 is 134 Å². The zero-order valence-electron chi connectivity index (χ0n) is 49.7. The number of pyridine rings is 1. The molecule has 9 aromatic rings. The molecule has 90 heavy (non-hydrogen) atoms. The van der Waals surface area contributed by atoms with Crippen molar-refractivity contribution in [1.82, 2.24) is 24.7 Å². The molecule has 0 fully saturated rings. The van der Waals surface area contributed by atoms with Crippen LogP contribution in [0, 0.1) is 59.8 Å². The zero-order valence-corrected chi connectivity index (χ0v) is 53.0. The zero-order chi connectivity index (χ0) is 65.2. The number of carbonyl (C=O) groups is 4. The summed E-state index contributed by atoms with van der Waals surface area (Å²) in [7, 11) is -8.76. The average Bonchev–Trinajstić information content (AvgIpc) is 1.52. The van der Waals surface area contributed by atoms with Gasteiger partial charge in [0.15, 0.2) is 16.8 Å². The average molecular weight is 1290 g/mol. The molecule has 28 heteroatoms. The van der Waals surface area contributed by atoms with Gasteiger partial charge < -0.3 is 25.7 Å². The third kappa shape index (κ3) is 12.6. The predicted molar refractivity (Wildman–Crippen MR) is 342 cm³/mol. The molecule has 1 aliphatic rings. The van der Waals surface area contributed by atoms with Gasteiger partial charge in [0.1, 0.15) is 28.4 Å². The van der Waals surface area contributed by atoms with E-state index in [1.54, 1.807) is 6.08 Å². The first-order valence-corrected chi connectivity index (χ1v) is 32.0. The van der Waals surface area contributed by atoms with Crippen LogP contribution >= 0.6 is 22.7 Å². The van der Waals surface area contributed by atoms with E-state index in [9.17, 15) is 61.7 Å². The number of aromatic carboxylic acids is 4. The summed E-state index contributed by atoms with van der Waals surface area (Å²) in [6, 6.07) is 22.2. The van der Waals surface area contributed by atoms with Gasteiger partial charge >= 0.3 is 23.9 Å². The number of benzene rings is 5. The van der Waals surface area contributed by atoms with Crippen LogP contribution in [0.3, 0.4) is 0 Å². The summed E-state index contributed by atoms with van der Waals surface area (Å²) in [4.78, 5) is 64.8. The fourth-order valence-corrected chi connectivity index (χ4v) is 15.1. The summed E-state index contributed by atoms with van der Waals surface area (Å²) in [5, 5.41) is 67.0. The van der Waals surface area contributed by atoms with Crippen LogP contribution in [-0.2, 0) is 31.9 Å². The van der Waals surface area contributed by atoms with Crippen molar-refractivity contribution in [3.63, 3.8) is 0 Å². The second-order valence-electron chi connectivity index (χ2n) is 22.6. The number of nitriles is 1. The van der Waals surface area contributed by atoms with E-state index < -0.39 is 76.8 Å². The van der Waals surface area contributed by atoms with Gasteiger partial charge in [-0.3, -0.25) is 14.3 Å². The van der Waals surface area contributed by atoms with Crippen molar-refractivity contribution in [2.24, 2.45) is 10.2 Å². The summed E-state index contributed by atoms with van der Waals surface area (Å²) in [5.74, 6) is -5.20. The van der Waals surface area contributed by atoms with E-state index in [0.29, 0.717) is 43.0 Å². The van der Waals surface area contributed by atoms with Crippen molar-refractivity contribution in [1.29, 1.82) is 5.26 Å². The van der Waals surface area contributed by atoms with Gasteiger partial charge in [-0.05, 0) is 143 Å². The van der Waals surface area contributed by atoms with Crippen molar-refractivity contribution < 1.29 is 56.4 Å². The lowest BCUT2D eigenvalue weighted by Crippen LogP contribution is -2.29. The number of anilines is 7. The normalized spacial score (nSPS) is 13.3. The number of azo groups is 1. The molecule has 1 atom stereocenters. The van der Waals surface area contributed by atoms with Crippen molar-refractivity contribution in [3.05, 3.63) is 174 Å². The topological polar surface area (TPSA) is 362 Å². The molecule has 1 aliphatic carbocycles. The molecule has 1 unspecified atom stereocenters. The Kier molecular flexibility index (Phi) is 16.6. The molecule has 7 N–H and O–H groups in total. The lowest BCUT2D eigenvalue weighted by Gasteiger charge is -2.27. The fourth-order valence-electron chi connectivity index (χ4n) is 10.5. The highest BCUT2D eigenvalue weighted by Gasteiger charge is 2.34. The molecule has 0 radical (unpaired) electrons. The number of fused-ring (bicyclic) bond motifs is 2. The van der Waals surface area contributed by atoms with E-state index in [1.807, 2.05) is 104 Å². The maximum absolute atomic E-state index is 14.1. The van der Waals surface area contributed by atoms with Gasteiger partial charge in [-0.25, -0.2) is 51.0 Å². The van der Waals surface area contributed by atoms with Crippen LogP contribution in [0.2, 0.25) is 0 Å². The molecule has 5 aromatic carbocycles. The second-order valence-corrected chi connectivity index (χ2v) is 28.3. The summed E-state index contributed by atoms with van der Waals surface area (Å²) < 4.78 is 62.2. The Hall–Kier alpha value is -10.2. The van der Waals surface area contributed by atoms with Gasteiger partial charge in [-0.2, -0.15) is 15.0 Å². The van der Waals surface area contributed by atoms with Crippen LogP contribution in [0.25, 0.3) is 21.4 Å². The minimum atomic E-state index is -4.45. The van der Waals surface area contributed by atoms with Gasteiger partial charge in [0.25, 0.3) is 10.0 Å². The number of aromatic nitrogens is 5. The molecule has 0 saturated heterocycles. The fraction of sp³-hybridized carbons (Fsp3) is 0.210. The lowest BCUT2D eigenvalue weighted by molar-refractivity contribution is 0.0676. The van der Waals surface area contributed by atoms with Gasteiger partial charge in [0.05, 0.1) is 65.8 Å². The molecule has 0 amide bonds. The van der Waals surface area contributed by atoms with E-state index in [1.165, 1.54) is 40.3 Å². The van der Waals surface area contributed by atoms with E-state index in [-0.39, 0.29) is 50.7 Å². The van der Waals surface area contributed by atoms with Crippen LogP contribution in [0.5, 0.6) is 0 Å². The van der Waals surface area contributed by atoms with Crippen LogP contribution in [0.4, 0.5) is 51.0 Å². The third-order valence-electron chi connectivity index (χ3n) is 14.5. The number of rotatable bonds is 18. The van der Waals surface area contributed by atoms with Crippen LogP contribution in [0.15, 0.2) is 106 Å². The number of sulfonamides is 2. The lowest BCUT2D eigenvalue weighted by atomic mass is 9.90. The number of hydrogen-bond donors (Lipinski definition) is 7. The maximum atomic E-state index is 14.1. The molecular weight excluding hydrogens is 1230 g/mol. The number of thiazole rings is 2. The Labute approximate surface area is 523 Å². The first-order chi connectivity index (χ1) is 42.3. The quantitative estimate of drug-likeness (QED) is 0.0392. The van der Waals surface area contributed by atoms with Crippen molar-refractivity contribution in [2.75, 3.05) is 19.7 Å². The largest absolute Gasteiger partial charge is 0.478 e. The molecule has 10 rings (SSSR count). The Balaban J connectivity index is 1.07. The molecule has 0 spiro atoms. The molecular formula is C62H56N12O12S4. The first-order valence-electron chi connectivity index (χ1n) is 27.4. The number of nitrogens with one attached hydrogen (secondary N) is 3. The molecule has 4 aromatic heterocycles. The predicted octanol–water partition coefficient (Wildman–Crippen LogP) is 13.3. The minimum Gasteiger partial charge on any atom is -0.478 e. The summed E-state index contributed by atoms with van der Waals surface area (Å²) in [5.41, 5.74) is 6.09. The molecule has 0 aliphatic heterocycles. The highest BCUT2D eigenvalue weighted by molar-refractivity contribution is 7.93. The second kappa shape index (κ2) is 23.7. The highest BCUT2D eigenvalue weighted by atomic mass is 32.2. The van der Waals surface area contributed by atoms with Crippen molar-refractivity contribution in [2.45, 2.75) is 91.2 Å². The number of carboxylic acids is 4. The van der Waals surface area contributed by atoms with Gasteiger partial charge in [0, 0.05) is 22.4 Å². The Morgan fingerprint density at radius 3 is 1.79 bits per heavy atom. The number of carboxylic acid groups (broad SMARTS) is 4. The minimum absolute atomic E-state index is 0.0103. The Morgan fingerprint density at radius 1 is 0.689 bits per heavy atom. The standard InChI is InChI=1S/C62H56N12O12S4/c1-29-15-31(3)50(32(4)16-29)67-54-51(68-69-55-44(28-63)53(62(8,9)10)70-74(55)61-65-46-14-12-43(27-48(46)88-61)90(85,86)72-41-24-38(58(79)80)21-39(25-41)59(81)82)33(5)19-49(66-54)73(52-34(6)17-30(2)18-35(52)7)60-64-45-13-11-42(26-47(45)87-60)89(83,84)71-40-22-36(56(75)76)20-37(23-40)57(77)78/h11-25,27,42,71-72H,26H2,1-10H3,(H,66,67)(H,75,76)(H,77,78)(H,79,80)(H,81,82)/b69-68-. The molecule has 0 bridgehead atoms. The van der Waals surface area contributed by atoms with Gasteiger partial charge in [0.2, 0.25) is 15.2 Å². The summed E-state index contributed by atoms with van der Waals surface area (Å²) in [6.07, 6.45) is 3.02. The van der Waals surface area contributed by atoms with Crippen LogP contribution in [0.1, 0.15) is 123 Å². The highest BCUT2D eigenvalue weighted by Crippen LogP contribution is 2.46. The van der Waals surface area contributed by atoms with Crippen molar-refractivity contribution in [3.8, 4) is 11.2 Å². The maximum Gasteiger partial charge on any atom is 0.335 e.